The van der Waals surface area contributed by atoms with Gasteiger partial charge in [0.05, 0.1) is 0 Å². The number of rotatable bonds is 0. The van der Waals surface area contributed by atoms with Crippen molar-refractivity contribution in [1.29, 1.82) is 0 Å². The maximum atomic E-state index is 0. The van der Waals surface area contributed by atoms with Gasteiger partial charge >= 0.3 is 35.4 Å². The van der Waals surface area contributed by atoms with Gasteiger partial charge in [0, 0.05) is 16.5 Å². The SMILES string of the molecule is [LiH].[Ni+2].[Ni].[O-2]. The molecule has 0 spiro atoms. The number of hydrogen-bond acceptors (Lipinski definition) is 0. The molecule has 0 aliphatic rings. The standard InChI is InChI=1S/Li.2Ni.O.H/q;;+2;-2;. The Kier molecular flexibility index (Phi) is 287. The van der Waals surface area contributed by atoms with Gasteiger partial charge in [0.1, 0.15) is 0 Å². The molecular weight excluding hydrogens is 140 g/mol. The van der Waals surface area contributed by atoms with Crippen LogP contribution in [0.4, 0.5) is 0 Å². The van der Waals surface area contributed by atoms with Crippen LogP contribution in [0, 0.1) is 0 Å². The molecule has 0 aliphatic heterocycles. The van der Waals surface area contributed by atoms with E-state index in [1.807, 2.05) is 0 Å². The smallest absolute Gasteiger partial charge is 2.00 e. The average molecular weight is 141 g/mol. The van der Waals surface area contributed by atoms with Crippen LogP contribution >= 0.6 is 0 Å². The van der Waals surface area contributed by atoms with E-state index in [2.05, 4.69) is 0 Å². The molecule has 0 heterocycles. The molecule has 0 bridgehead atoms. The molecule has 0 radical (unpaired) electrons. The average Bonchev–Trinajstić information content (AvgIpc) is 0. The van der Waals surface area contributed by atoms with Crippen molar-refractivity contribution in [3.63, 3.8) is 0 Å². The Morgan fingerprint density at radius 2 is 1.00 bits per heavy atom. The van der Waals surface area contributed by atoms with Crippen molar-refractivity contribution in [2.45, 2.75) is 0 Å². The van der Waals surface area contributed by atoms with Crippen molar-refractivity contribution in [2.24, 2.45) is 0 Å². The third-order valence-electron chi connectivity index (χ3n) is 0. The second-order valence-electron chi connectivity index (χ2n) is 0. The second kappa shape index (κ2) is 23.9. The summed E-state index contributed by atoms with van der Waals surface area (Å²) in [5.74, 6) is 0. The molecule has 0 unspecified atom stereocenters. The first-order valence-corrected chi connectivity index (χ1v) is 0. The minimum atomic E-state index is 0. The van der Waals surface area contributed by atoms with E-state index in [1.165, 1.54) is 0 Å². The van der Waals surface area contributed by atoms with E-state index < -0.39 is 0 Å². The zero-order chi connectivity index (χ0) is 0. The summed E-state index contributed by atoms with van der Waals surface area (Å²) in [5, 5.41) is 0. The normalized spacial score (nSPS) is 0. The van der Waals surface area contributed by atoms with Crippen molar-refractivity contribution in [2.75, 3.05) is 0 Å². The number of hydrogen-bond donors (Lipinski definition) is 0. The molecule has 0 aromatic rings. The van der Waals surface area contributed by atoms with Gasteiger partial charge in [-0.2, -0.15) is 0 Å². The van der Waals surface area contributed by atoms with Gasteiger partial charge in [-0.15, -0.1) is 0 Å². The summed E-state index contributed by atoms with van der Waals surface area (Å²) in [5.41, 5.74) is 0. The van der Waals surface area contributed by atoms with Crippen LogP contribution in [-0.2, 0) is 38.5 Å². The van der Waals surface area contributed by atoms with E-state index in [-0.39, 0.29) is 57.3 Å². The second-order valence-corrected chi connectivity index (χ2v) is 0. The summed E-state index contributed by atoms with van der Waals surface area (Å²) >= 11 is 0. The quantitative estimate of drug-likeness (QED) is 0.396. The van der Waals surface area contributed by atoms with Crippen LogP contribution in [0.3, 0.4) is 0 Å². The Morgan fingerprint density at radius 1 is 1.00 bits per heavy atom. The summed E-state index contributed by atoms with van der Waals surface area (Å²) in [6, 6.07) is 0. The maximum Gasteiger partial charge on any atom is 2.00 e. The van der Waals surface area contributed by atoms with Crippen LogP contribution in [0.2, 0.25) is 0 Å². The zero-order valence-corrected chi connectivity index (χ0v) is 3.02. The van der Waals surface area contributed by atoms with Gasteiger partial charge in [0.15, 0.2) is 0 Å². The van der Waals surface area contributed by atoms with Gasteiger partial charge in [0.2, 0.25) is 0 Å². The van der Waals surface area contributed by atoms with Crippen molar-refractivity contribution in [1.82, 2.24) is 0 Å². The van der Waals surface area contributed by atoms with Crippen molar-refractivity contribution < 1.29 is 38.5 Å². The third kappa shape index (κ3) is 9.62. The van der Waals surface area contributed by atoms with E-state index in [0.29, 0.717) is 0 Å². The van der Waals surface area contributed by atoms with Gasteiger partial charge in [-0.3, -0.25) is 0 Å². The fourth-order valence-corrected chi connectivity index (χ4v) is 0. The molecule has 0 aromatic heterocycles. The molecule has 0 aliphatic carbocycles. The molecule has 0 saturated heterocycles. The molecular formula is HLiNi2O. The first-order valence-electron chi connectivity index (χ1n) is 0. The van der Waals surface area contributed by atoms with Gasteiger partial charge in [-0.05, 0) is 0 Å². The molecule has 0 rings (SSSR count). The van der Waals surface area contributed by atoms with E-state index in [9.17, 15) is 0 Å². The molecule has 0 saturated carbocycles. The summed E-state index contributed by atoms with van der Waals surface area (Å²) in [6.07, 6.45) is 0. The molecule has 1 nitrogen and oxygen atoms in total. The minimum absolute atomic E-state index is 0. The Balaban J connectivity index is 0. The fraction of sp³-hybridized carbons (Fsp3) is 0. The first kappa shape index (κ1) is 48.0. The van der Waals surface area contributed by atoms with E-state index >= 15 is 0 Å². The predicted octanol–water partition coefficient (Wildman–Crippen LogP) is -0.772. The molecule has 0 aromatic carbocycles. The van der Waals surface area contributed by atoms with Crippen LogP contribution in [-0.4, -0.2) is 18.9 Å². The van der Waals surface area contributed by atoms with Crippen LogP contribution < -0.4 is 0 Å². The van der Waals surface area contributed by atoms with E-state index in [4.69, 9.17) is 0 Å². The largest absolute Gasteiger partial charge is 2.00 e. The van der Waals surface area contributed by atoms with Crippen molar-refractivity contribution in [3.05, 3.63) is 0 Å². The molecule has 4 heavy (non-hydrogen) atoms. The van der Waals surface area contributed by atoms with Gasteiger partial charge in [0.25, 0.3) is 0 Å². The Hall–Kier alpha value is 1.54. The van der Waals surface area contributed by atoms with Crippen LogP contribution in [0.25, 0.3) is 0 Å². The van der Waals surface area contributed by atoms with Crippen LogP contribution in [0.15, 0.2) is 0 Å². The van der Waals surface area contributed by atoms with Crippen molar-refractivity contribution >= 4 is 18.9 Å². The third-order valence-corrected chi connectivity index (χ3v) is 0. The Labute approximate surface area is 57.2 Å². The maximum absolute atomic E-state index is 0. The molecule has 28 valence electrons. The molecule has 0 amide bonds. The summed E-state index contributed by atoms with van der Waals surface area (Å²) in [7, 11) is 0. The van der Waals surface area contributed by atoms with E-state index in [0.717, 1.165) is 0 Å². The minimum Gasteiger partial charge on any atom is -2.00 e. The van der Waals surface area contributed by atoms with Crippen LogP contribution in [0.5, 0.6) is 0 Å². The fourth-order valence-electron chi connectivity index (χ4n) is 0. The van der Waals surface area contributed by atoms with Crippen LogP contribution in [0.1, 0.15) is 0 Å². The molecule has 0 fully saturated rings. The Morgan fingerprint density at radius 3 is 1.00 bits per heavy atom. The predicted molar refractivity (Wildman–Crippen MR) is 7.84 cm³/mol. The van der Waals surface area contributed by atoms with Gasteiger partial charge < -0.3 is 5.48 Å². The first-order chi connectivity index (χ1) is 0. The topological polar surface area (TPSA) is 28.5 Å². The van der Waals surface area contributed by atoms with Crippen molar-refractivity contribution in [3.8, 4) is 0 Å². The molecule has 0 atom stereocenters. The van der Waals surface area contributed by atoms with Gasteiger partial charge in [-0.1, -0.05) is 0 Å². The van der Waals surface area contributed by atoms with Gasteiger partial charge in [-0.25, -0.2) is 0 Å². The monoisotopic (exact) mass is 140 g/mol. The Bertz CT molecular complexity index is 6.00. The molecule has 0 N–H and O–H groups in total. The van der Waals surface area contributed by atoms with E-state index in [1.54, 1.807) is 0 Å². The zero-order valence-electron chi connectivity index (χ0n) is 1.04. The summed E-state index contributed by atoms with van der Waals surface area (Å²) in [4.78, 5) is 0. The summed E-state index contributed by atoms with van der Waals surface area (Å²) in [6.45, 7) is 0. The summed E-state index contributed by atoms with van der Waals surface area (Å²) < 4.78 is 0. The molecule has 4 heteroatoms.